The average molecular weight is 309 g/mol. The van der Waals surface area contributed by atoms with E-state index in [4.69, 9.17) is 4.74 Å². The zero-order chi connectivity index (χ0) is 16.1. The third-order valence-corrected chi connectivity index (χ3v) is 4.51. The Labute approximate surface area is 132 Å². The predicted octanol–water partition coefficient (Wildman–Crippen LogP) is 3.87. The third kappa shape index (κ3) is 6.53. The minimum absolute atomic E-state index is 0.107. The second-order valence-electron chi connectivity index (χ2n) is 6.92. The first-order valence-corrected chi connectivity index (χ1v) is 8.18. The largest absolute Gasteiger partial charge is 0.469 e. The van der Waals surface area contributed by atoms with Crippen LogP contribution in [0.3, 0.4) is 0 Å². The standard InChI is InChI=1S/C17H27NO2S/c1-16(2,3)18-11-13-8-7-9-14(10-13)21-12-17(4,5)15(19)20-6/h7-10,18H,11-12H2,1-6H3. The van der Waals surface area contributed by atoms with Gasteiger partial charge in [0.15, 0.2) is 0 Å². The van der Waals surface area contributed by atoms with E-state index in [1.807, 2.05) is 13.8 Å². The van der Waals surface area contributed by atoms with Crippen LogP contribution in [0.15, 0.2) is 29.2 Å². The number of rotatable bonds is 6. The molecular formula is C17H27NO2S. The van der Waals surface area contributed by atoms with Crippen molar-refractivity contribution in [1.82, 2.24) is 5.32 Å². The number of thioether (sulfide) groups is 1. The fraction of sp³-hybridized carbons (Fsp3) is 0.588. The lowest BCUT2D eigenvalue weighted by molar-refractivity contribution is -0.149. The van der Waals surface area contributed by atoms with Crippen molar-refractivity contribution in [3.8, 4) is 0 Å². The molecule has 0 unspecified atom stereocenters. The Hall–Kier alpha value is -1.00. The predicted molar refractivity (Wildman–Crippen MR) is 89.6 cm³/mol. The van der Waals surface area contributed by atoms with Gasteiger partial charge in [-0.05, 0) is 52.3 Å². The van der Waals surface area contributed by atoms with E-state index in [1.54, 1.807) is 11.8 Å². The van der Waals surface area contributed by atoms with Crippen molar-refractivity contribution in [2.75, 3.05) is 12.9 Å². The van der Waals surface area contributed by atoms with E-state index in [1.165, 1.54) is 17.6 Å². The van der Waals surface area contributed by atoms with Gasteiger partial charge in [0, 0.05) is 22.7 Å². The normalized spacial score (nSPS) is 12.3. The summed E-state index contributed by atoms with van der Waals surface area (Å²) in [6.07, 6.45) is 0. The summed E-state index contributed by atoms with van der Waals surface area (Å²) >= 11 is 1.69. The molecule has 1 rings (SSSR count). The van der Waals surface area contributed by atoms with Crippen LogP contribution >= 0.6 is 11.8 Å². The summed E-state index contributed by atoms with van der Waals surface area (Å²) in [6, 6.07) is 8.44. The first-order valence-electron chi connectivity index (χ1n) is 7.19. The molecule has 21 heavy (non-hydrogen) atoms. The summed E-state index contributed by atoms with van der Waals surface area (Å²) in [5, 5.41) is 3.48. The first-order chi connectivity index (χ1) is 9.64. The molecule has 0 aliphatic rings. The molecule has 0 saturated heterocycles. The monoisotopic (exact) mass is 309 g/mol. The third-order valence-electron chi connectivity index (χ3n) is 3.06. The summed E-state index contributed by atoms with van der Waals surface area (Å²) < 4.78 is 4.84. The maximum absolute atomic E-state index is 11.7. The van der Waals surface area contributed by atoms with Gasteiger partial charge in [-0.25, -0.2) is 0 Å². The summed E-state index contributed by atoms with van der Waals surface area (Å²) in [5.74, 6) is 0.538. The molecule has 3 nitrogen and oxygen atoms in total. The van der Waals surface area contributed by atoms with Crippen LogP contribution in [0, 0.1) is 5.41 Å². The van der Waals surface area contributed by atoms with Crippen LogP contribution in [0.4, 0.5) is 0 Å². The van der Waals surface area contributed by atoms with Gasteiger partial charge >= 0.3 is 5.97 Å². The van der Waals surface area contributed by atoms with Gasteiger partial charge in [0.05, 0.1) is 12.5 Å². The molecule has 118 valence electrons. The average Bonchev–Trinajstić information content (AvgIpc) is 2.42. The van der Waals surface area contributed by atoms with Crippen molar-refractivity contribution in [2.24, 2.45) is 5.41 Å². The molecular weight excluding hydrogens is 282 g/mol. The number of hydrogen-bond donors (Lipinski definition) is 1. The minimum Gasteiger partial charge on any atom is -0.469 e. The maximum Gasteiger partial charge on any atom is 0.312 e. The fourth-order valence-electron chi connectivity index (χ4n) is 1.71. The van der Waals surface area contributed by atoms with E-state index in [9.17, 15) is 4.79 Å². The van der Waals surface area contributed by atoms with Crippen LogP contribution in [0.5, 0.6) is 0 Å². The van der Waals surface area contributed by atoms with Crippen molar-refractivity contribution < 1.29 is 9.53 Å². The number of methoxy groups -OCH3 is 1. The van der Waals surface area contributed by atoms with Gasteiger partial charge in [0.1, 0.15) is 0 Å². The molecule has 0 bridgehead atoms. The lowest BCUT2D eigenvalue weighted by Crippen LogP contribution is -2.35. The SMILES string of the molecule is COC(=O)C(C)(C)CSc1cccc(CNC(C)(C)C)c1. The molecule has 0 aromatic heterocycles. The van der Waals surface area contributed by atoms with Gasteiger partial charge < -0.3 is 10.1 Å². The van der Waals surface area contributed by atoms with Crippen LogP contribution in [0.1, 0.15) is 40.2 Å². The highest BCUT2D eigenvalue weighted by Crippen LogP contribution is 2.29. The Morgan fingerprint density at radius 3 is 2.48 bits per heavy atom. The molecule has 0 spiro atoms. The maximum atomic E-state index is 11.7. The smallest absolute Gasteiger partial charge is 0.312 e. The van der Waals surface area contributed by atoms with Gasteiger partial charge in [-0.3, -0.25) is 4.79 Å². The molecule has 0 aliphatic carbocycles. The Bertz CT molecular complexity index is 478. The van der Waals surface area contributed by atoms with Gasteiger partial charge in [0.25, 0.3) is 0 Å². The molecule has 0 amide bonds. The number of esters is 1. The van der Waals surface area contributed by atoms with E-state index in [2.05, 4.69) is 50.4 Å². The second kappa shape index (κ2) is 7.32. The Morgan fingerprint density at radius 2 is 1.90 bits per heavy atom. The van der Waals surface area contributed by atoms with Gasteiger partial charge in [-0.1, -0.05) is 12.1 Å². The summed E-state index contributed by atoms with van der Waals surface area (Å²) in [5.41, 5.74) is 0.889. The molecule has 1 N–H and O–H groups in total. The van der Waals surface area contributed by atoms with E-state index in [-0.39, 0.29) is 11.5 Å². The molecule has 0 atom stereocenters. The highest BCUT2D eigenvalue weighted by atomic mass is 32.2. The van der Waals surface area contributed by atoms with Crippen LogP contribution in [0.2, 0.25) is 0 Å². The van der Waals surface area contributed by atoms with E-state index in [0.29, 0.717) is 5.75 Å². The van der Waals surface area contributed by atoms with Crippen molar-refractivity contribution in [3.63, 3.8) is 0 Å². The van der Waals surface area contributed by atoms with Gasteiger partial charge in [-0.2, -0.15) is 0 Å². The van der Waals surface area contributed by atoms with Crippen LogP contribution in [-0.4, -0.2) is 24.4 Å². The van der Waals surface area contributed by atoms with Gasteiger partial charge in [0.2, 0.25) is 0 Å². The fourth-order valence-corrected chi connectivity index (χ4v) is 2.77. The van der Waals surface area contributed by atoms with Crippen LogP contribution < -0.4 is 5.32 Å². The topological polar surface area (TPSA) is 38.3 Å². The molecule has 1 aromatic rings. The number of hydrogen-bond acceptors (Lipinski definition) is 4. The quantitative estimate of drug-likeness (QED) is 0.639. The Morgan fingerprint density at radius 1 is 1.24 bits per heavy atom. The zero-order valence-electron chi connectivity index (χ0n) is 13.9. The Kier molecular flexibility index (Phi) is 6.29. The van der Waals surface area contributed by atoms with Crippen molar-refractivity contribution in [3.05, 3.63) is 29.8 Å². The molecule has 4 heteroatoms. The zero-order valence-corrected chi connectivity index (χ0v) is 14.8. The highest BCUT2D eigenvalue weighted by Gasteiger charge is 2.28. The molecule has 1 aromatic carbocycles. The van der Waals surface area contributed by atoms with Gasteiger partial charge in [-0.15, -0.1) is 11.8 Å². The van der Waals surface area contributed by atoms with Crippen LogP contribution in [-0.2, 0) is 16.1 Å². The molecule has 0 heterocycles. The van der Waals surface area contributed by atoms with E-state index < -0.39 is 5.41 Å². The Balaban J connectivity index is 2.63. The molecule has 0 radical (unpaired) electrons. The lowest BCUT2D eigenvalue weighted by atomic mass is 9.97. The van der Waals surface area contributed by atoms with Crippen molar-refractivity contribution >= 4 is 17.7 Å². The van der Waals surface area contributed by atoms with E-state index in [0.717, 1.165) is 6.54 Å². The first kappa shape index (κ1) is 18.1. The van der Waals surface area contributed by atoms with Crippen LogP contribution in [0.25, 0.3) is 0 Å². The van der Waals surface area contributed by atoms with Crippen molar-refractivity contribution in [1.29, 1.82) is 0 Å². The minimum atomic E-state index is -0.473. The summed E-state index contributed by atoms with van der Waals surface area (Å²) in [7, 11) is 1.44. The number of benzene rings is 1. The number of ether oxygens (including phenoxy) is 1. The highest BCUT2D eigenvalue weighted by molar-refractivity contribution is 7.99. The number of carbonyl (C=O) groups is 1. The molecule has 0 saturated carbocycles. The lowest BCUT2D eigenvalue weighted by Gasteiger charge is -2.22. The summed E-state index contributed by atoms with van der Waals surface area (Å²) in [6.45, 7) is 11.1. The molecule has 0 fully saturated rings. The molecule has 0 aliphatic heterocycles. The van der Waals surface area contributed by atoms with E-state index >= 15 is 0 Å². The number of nitrogens with one attached hydrogen (secondary N) is 1. The second-order valence-corrected chi connectivity index (χ2v) is 7.96. The summed E-state index contributed by atoms with van der Waals surface area (Å²) in [4.78, 5) is 12.9. The van der Waals surface area contributed by atoms with Crippen molar-refractivity contribution in [2.45, 2.75) is 51.6 Å². The number of carbonyl (C=O) groups excluding carboxylic acids is 1.